The lowest BCUT2D eigenvalue weighted by molar-refractivity contribution is -0.383. The number of phenolic OH excluding ortho intramolecular Hbond substituents is 1. The molecule has 0 saturated carbocycles. The van der Waals surface area contributed by atoms with Crippen LogP contribution >= 0.6 is 0 Å². The van der Waals surface area contributed by atoms with Gasteiger partial charge in [-0.2, -0.15) is 0 Å². The molecule has 38 heavy (non-hydrogen) atoms. The lowest BCUT2D eigenvalue weighted by Gasteiger charge is -2.29. The summed E-state index contributed by atoms with van der Waals surface area (Å²) in [4.78, 5) is 43.0. The standard InChI is InChI=1S/C27H30N4O7/c1-17(2)29-21(15-18-7-9-19(32)10-8-18)26(33)30-14-4-6-23(30)27(34)38-16-37-24-12-11-22(31(35)36)20-5-3-13-28-25(20)24/h3,5,7-13,17,21,23,29,32H,4,6,14-16H2,1-2H3/t21-,23-/m0/s1. The Morgan fingerprint density at radius 1 is 1.21 bits per heavy atom. The van der Waals surface area contributed by atoms with Crippen LogP contribution in [0.4, 0.5) is 5.69 Å². The number of hydrogen-bond acceptors (Lipinski definition) is 9. The SMILES string of the molecule is CC(C)N[C@@H](Cc1ccc(O)cc1)C(=O)N1CCC[C@H]1C(=O)OCOc1ccc([N+](=O)[O-])c2cccnc12. The third kappa shape index (κ3) is 6.17. The maximum Gasteiger partial charge on any atom is 0.331 e. The molecule has 1 fully saturated rings. The largest absolute Gasteiger partial charge is 0.508 e. The maximum absolute atomic E-state index is 13.5. The molecule has 2 N–H and O–H groups in total. The lowest BCUT2D eigenvalue weighted by Crippen LogP contribution is -2.53. The molecule has 3 aromatic rings. The number of nitrogens with zero attached hydrogens (tertiary/aromatic N) is 3. The molecule has 4 rings (SSSR count). The molecule has 11 heteroatoms. The number of carbonyl (C=O) groups excluding carboxylic acids is 2. The topological polar surface area (TPSA) is 144 Å². The van der Waals surface area contributed by atoms with Crippen LogP contribution in [0.3, 0.4) is 0 Å². The van der Waals surface area contributed by atoms with Gasteiger partial charge in [0.1, 0.15) is 23.1 Å². The number of nitro groups is 1. The second kappa shape index (κ2) is 11.9. The number of hydrogen-bond donors (Lipinski definition) is 2. The van der Waals surface area contributed by atoms with Crippen molar-refractivity contribution in [1.82, 2.24) is 15.2 Å². The van der Waals surface area contributed by atoms with E-state index in [4.69, 9.17) is 9.47 Å². The van der Waals surface area contributed by atoms with Crippen LogP contribution in [0.2, 0.25) is 0 Å². The molecule has 11 nitrogen and oxygen atoms in total. The summed E-state index contributed by atoms with van der Waals surface area (Å²) in [7, 11) is 0. The number of phenols is 1. The minimum absolute atomic E-state index is 0.0348. The van der Waals surface area contributed by atoms with Crippen LogP contribution in [-0.4, -0.2) is 63.3 Å². The summed E-state index contributed by atoms with van der Waals surface area (Å²) in [5.41, 5.74) is 1.06. The number of ether oxygens (including phenoxy) is 2. The molecular formula is C27H30N4O7. The number of rotatable bonds is 10. The van der Waals surface area contributed by atoms with Gasteiger partial charge in [0.05, 0.1) is 16.4 Å². The average molecular weight is 523 g/mol. The fourth-order valence-corrected chi connectivity index (χ4v) is 4.62. The number of nitrogens with one attached hydrogen (secondary N) is 1. The van der Waals surface area contributed by atoms with Gasteiger partial charge in [-0.1, -0.05) is 26.0 Å². The van der Waals surface area contributed by atoms with E-state index in [9.17, 15) is 24.8 Å². The molecule has 0 bridgehead atoms. The zero-order valence-corrected chi connectivity index (χ0v) is 21.2. The Hall–Kier alpha value is -4.25. The average Bonchev–Trinajstić information content (AvgIpc) is 3.39. The van der Waals surface area contributed by atoms with E-state index in [-0.39, 0.29) is 34.7 Å². The van der Waals surface area contributed by atoms with Gasteiger partial charge < -0.3 is 24.8 Å². The van der Waals surface area contributed by atoms with E-state index in [1.807, 2.05) is 13.8 Å². The van der Waals surface area contributed by atoms with Crippen LogP contribution in [0.1, 0.15) is 32.3 Å². The molecule has 2 aromatic carbocycles. The Bertz CT molecular complexity index is 1310. The smallest absolute Gasteiger partial charge is 0.331 e. The van der Waals surface area contributed by atoms with E-state index in [1.54, 1.807) is 41.3 Å². The van der Waals surface area contributed by atoms with Crippen molar-refractivity contribution in [2.45, 2.75) is 51.2 Å². The van der Waals surface area contributed by atoms with Gasteiger partial charge in [-0.25, -0.2) is 4.79 Å². The van der Waals surface area contributed by atoms with Crippen molar-refractivity contribution < 1.29 is 29.1 Å². The van der Waals surface area contributed by atoms with Crippen molar-refractivity contribution in [2.24, 2.45) is 0 Å². The number of likely N-dealkylation sites (tertiary alicyclic amines) is 1. The lowest BCUT2D eigenvalue weighted by atomic mass is 10.0. The number of amides is 1. The fraction of sp³-hybridized carbons (Fsp3) is 0.370. The summed E-state index contributed by atoms with van der Waals surface area (Å²) < 4.78 is 11.0. The third-order valence-corrected chi connectivity index (χ3v) is 6.34. The molecule has 200 valence electrons. The molecule has 1 aliphatic rings. The number of benzene rings is 2. The van der Waals surface area contributed by atoms with Crippen LogP contribution < -0.4 is 10.1 Å². The van der Waals surface area contributed by atoms with E-state index >= 15 is 0 Å². The first-order chi connectivity index (χ1) is 18.2. The summed E-state index contributed by atoms with van der Waals surface area (Å²) in [6, 6.07) is 11.3. The minimum atomic E-state index is -0.742. The number of non-ortho nitro benzene ring substituents is 1. The van der Waals surface area contributed by atoms with Crippen molar-refractivity contribution in [3.63, 3.8) is 0 Å². The number of nitro benzene ring substituents is 1. The zero-order chi connectivity index (χ0) is 27.2. The summed E-state index contributed by atoms with van der Waals surface area (Å²) in [5, 5.41) is 24.5. The number of aromatic hydroxyl groups is 1. The van der Waals surface area contributed by atoms with Gasteiger partial charge in [0.2, 0.25) is 12.7 Å². The second-order valence-corrected chi connectivity index (χ2v) is 9.40. The molecule has 0 aliphatic carbocycles. The molecule has 1 aliphatic heterocycles. The highest BCUT2D eigenvalue weighted by molar-refractivity contribution is 5.92. The van der Waals surface area contributed by atoms with Crippen LogP contribution in [0.25, 0.3) is 10.9 Å². The third-order valence-electron chi connectivity index (χ3n) is 6.34. The normalized spacial score (nSPS) is 16.0. The highest BCUT2D eigenvalue weighted by Crippen LogP contribution is 2.31. The van der Waals surface area contributed by atoms with Crippen molar-refractivity contribution >= 4 is 28.5 Å². The molecule has 0 radical (unpaired) electrons. The van der Waals surface area contributed by atoms with Crippen molar-refractivity contribution in [3.8, 4) is 11.5 Å². The predicted octanol–water partition coefficient (Wildman–Crippen LogP) is 3.33. The number of fused-ring (bicyclic) bond motifs is 1. The van der Waals surface area contributed by atoms with Gasteiger partial charge in [-0.05, 0) is 55.2 Å². The summed E-state index contributed by atoms with van der Waals surface area (Å²) in [6.07, 6.45) is 3.03. The molecule has 0 unspecified atom stereocenters. The minimum Gasteiger partial charge on any atom is -0.508 e. The van der Waals surface area contributed by atoms with E-state index in [0.717, 1.165) is 5.56 Å². The van der Waals surface area contributed by atoms with E-state index in [0.29, 0.717) is 31.2 Å². The Morgan fingerprint density at radius 2 is 1.97 bits per heavy atom. The molecule has 1 aromatic heterocycles. The van der Waals surface area contributed by atoms with Crippen molar-refractivity contribution in [1.29, 1.82) is 0 Å². The Balaban J connectivity index is 1.41. The van der Waals surface area contributed by atoms with E-state index in [2.05, 4.69) is 10.3 Å². The Kier molecular flexibility index (Phi) is 8.37. The van der Waals surface area contributed by atoms with Crippen LogP contribution in [-0.2, 0) is 20.7 Å². The van der Waals surface area contributed by atoms with Gasteiger partial charge in [0.25, 0.3) is 5.69 Å². The first-order valence-electron chi connectivity index (χ1n) is 12.4. The van der Waals surface area contributed by atoms with E-state index in [1.165, 1.54) is 18.3 Å². The zero-order valence-electron chi connectivity index (χ0n) is 21.2. The van der Waals surface area contributed by atoms with Crippen LogP contribution in [0.15, 0.2) is 54.7 Å². The number of aromatic nitrogens is 1. The molecular weight excluding hydrogens is 492 g/mol. The Labute approximate surface area is 219 Å². The first kappa shape index (κ1) is 26.8. The molecule has 1 saturated heterocycles. The van der Waals surface area contributed by atoms with Crippen molar-refractivity contribution in [3.05, 3.63) is 70.4 Å². The predicted molar refractivity (Wildman–Crippen MR) is 139 cm³/mol. The quantitative estimate of drug-likeness (QED) is 0.177. The second-order valence-electron chi connectivity index (χ2n) is 9.40. The van der Waals surface area contributed by atoms with Crippen LogP contribution in [0.5, 0.6) is 11.5 Å². The summed E-state index contributed by atoms with van der Waals surface area (Å²) >= 11 is 0. The van der Waals surface area contributed by atoms with Gasteiger partial charge in [0, 0.05) is 24.8 Å². The first-order valence-corrected chi connectivity index (χ1v) is 12.4. The van der Waals surface area contributed by atoms with Crippen LogP contribution in [0, 0.1) is 10.1 Å². The Morgan fingerprint density at radius 3 is 2.68 bits per heavy atom. The van der Waals surface area contributed by atoms with Crippen molar-refractivity contribution in [2.75, 3.05) is 13.3 Å². The van der Waals surface area contributed by atoms with Gasteiger partial charge in [0.15, 0.2) is 0 Å². The molecule has 2 atom stereocenters. The maximum atomic E-state index is 13.5. The van der Waals surface area contributed by atoms with E-state index < -0.39 is 29.8 Å². The molecule has 0 spiro atoms. The molecule has 1 amide bonds. The fourth-order valence-electron chi connectivity index (χ4n) is 4.62. The molecule has 2 heterocycles. The summed E-state index contributed by atoms with van der Waals surface area (Å²) in [6.45, 7) is 3.89. The van der Waals surface area contributed by atoms with Gasteiger partial charge in [-0.3, -0.25) is 19.9 Å². The highest BCUT2D eigenvalue weighted by atomic mass is 16.7. The highest BCUT2D eigenvalue weighted by Gasteiger charge is 2.38. The van der Waals surface area contributed by atoms with Gasteiger partial charge in [-0.15, -0.1) is 0 Å². The van der Waals surface area contributed by atoms with Gasteiger partial charge >= 0.3 is 5.97 Å². The summed E-state index contributed by atoms with van der Waals surface area (Å²) in [5.74, 6) is -0.385. The number of carbonyl (C=O) groups is 2. The number of esters is 1. The monoisotopic (exact) mass is 522 g/mol. The number of pyridine rings is 1.